The molecule has 0 spiro atoms. The third-order valence-corrected chi connectivity index (χ3v) is 0.852. The van der Waals surface area contributed by atoms with Crippen molar-refractivity contribution in [2.75, 3.05) is 26.9 Å². The molecule has 0 aromatic rings. The first-order valence-corrected chi connectivity index (χ1v) is 2.15. The maximum Gasteiger partial charge on any atom is 0.0987 e. The second-order valence-corrected chi connectivity index (χ2v) is 1.54. The van der Waals surface area contributed by atoms with E-state index in [0.717, 1.165) is 6.73 Å². The van der Waals surface area contributed by atoms with Crippen molar-refractivity contribution in [1.82, 2.24) is 4.90 Å². The molecule has 1 heterocycles. The van der Waals surface area contributed by atoms with Gasteiger partial charge in [-0.25, -0.2) is 0 Å². The lowest BCUT2D eigenvalue weighted by Gasteiger charge is -1.91. The van der Waals surface area contributed by atoms with Crippen LogP contribution >= 0.6 is 0 Å². The molecule has 6 heavy (non-hydrogen) atoms. The SMILES string of the molecule is COCN1CC1. The summed E-state index contributed by atoms with van der Waals surface area (Å²) in [5.74, 6) is 0. The zero-order valence-electron chi connectivity index (χ0n) is 3.98. The monoisotopic (exact) mass is 87.1 g/mol. The lowest BCUT2D eigenvalue weighted by molar-refractivity contribution is 0.134. The number of hydrogen-bond donors (Lipinski definition) is 0. The molecule has 0 bridgehead atoms. The highest BCUT2D eigenvalue weighted by Crippen LogP contribution is 1.99. The van der Waals surface area contributed by atoms with Crippen LogP contribution in [0.2, 0.25) is 0 Å². The Kier molecular flexibility index (Phi) is 1.08. The minimum absolute atomic E-state index is 0.819. The first kappa shape index (κ1) is 4.09. The molecule has 0 N–H and O–H groups in total. The molecule has 2 nitrogen and oxygen atoms in total. The summed E-state index contributed by atoms with van der Waals surface area (Å²) in [7, 11) is 1.72. The number of methoxy groups -OCH3 is 1. The summed E-state index contributed by atoms with van der Waals surface area (Å²) in [6.07, 6.45) is 0. The number of nitrogens with zero attached hydrogens (tertiary/aromatic N) is 1. The molecule has 1 fully saturated rings. The van der Waals surface area contributed by atoms with Crippen LogP contribution in [0.1, 0.15) is 0 Å². The third-order valence-electron chi connectivity index (χ3n) is 0.852. The molecule has 0 aromatic carbocycles. The van der Waals surface area contributed by atoms with Crippen molar-refractivity contribution in [3.05, 3.63) is 0 Å². The van der Waals surface area contributed by atoms with Crippen molar-refractivity contribution in [2.45, 2.75) is 0 Å². The highest BCUT2D eigenvalue weighted by Gasteiger charge is 2.14. The van der Waals surface area contributed by atoms with E-state index in [-0.39, 0.29) is 0 Å². The van der Waals surface area contributed by atoms with Gasteiger partial charge in [-0.05, 0) is 0 Å². The van der Waals surface area contributed by atoms with Gasteiger partial charge in [0.1, 0.15) is 0 Å². The van der Waals surface area contributed by atoms with E-state index in [0.29, 0.717) is 0 Å². The van der Waals surface area contributed by atoms with Gasteiger partial charge in [-0.1, -0.05) is 0 Å². The molecular weight excluding hydrogens is 78.0 g/mol. The fraction of sp³-hybridized carbons (Fsp3) is 1.00. The molecular formula is C4H9NO. The van der Waals surface area contributed by atoms with Crippen LogP contribution in [0.15, 0.2) is 0 Å². The van der Waals surface area contributed by atoms with Crippen LogP contribution in [0.5, 0.6) is 0 Å². The lowest BCUT2D eigenvalue weighted by Crippen LogP contribution is -1.99. The Morgan fingerprint density at radius 2 is 2.33 bits per heavy atom. The topological polar surface area (TPSA) is 12.2 Å². The van der Waals surface area contributed by atoms with Gasteiger partial charge in [0.15, 0.2) is 0 Å². The molecule has 2 heteroatoms. The van der Waals surface area contributed by atoms with Gasteiger partial charge in [0.05, 0.1) is 6.73 Å². The summed E-state index contributed by atoms with van der Waals surface area (Å²) >= 11 is 0. The maximum atomic E-state index is 4.79. The van der Waals surface area contributed by atoms with E-state index in [1.165, 1.54) is 13.1 Å². The second-order valence-electron chi connectivity index (χ2n) is 1.54. The fourth-order valence-corrected chi connectivity index (χ4v) is 0.382. The van der Waals surface area contributed by atoms with Crippen molar-refractivity contribution in [1.29, 1.82) is 0 Å². The maximum absolute atomic E-state index is 4.79. The Morgan fingerprint density at radius 1 is 1.67 bits per heavy atom. The Morgan fingerprint density at radius 3 is 2.50 bits per heavy atom. The summed E-state index contributed by atoms with van der Waals surface area (Å²) in [4.78, 5) is 2.21. The summed E-state index contributed by atoms with van der Waals surface area (Å²) in [5, 5.41) is 0. The third kappa shape index (κ3) is 0.954. The van der Waals surface area contributed by atoms with Crippen LogP contribution < -0.4 is 0 Å². The summed E-state index contributed by atoms with van der Waals surface area (Å²) in [6, 6.07) is 0. The molecule has 0 unspecified atom stereocenters. The predicted octanol–water partition coefficient (Wildman–Crippen LogP) is -0.0941. The molecule has 0 atom stereocenters. The Hall–Kier alpha value is -0.0800. The van der Waals surface area contributed by atoms with Crippen molar-refractivity contribution >= 4 is 0 Å². The zero-order chi connectivity index (χ0) is 4.41. The number of hydrogen-bond acceptors (Lipinski definition) is 2. The second kappa shape index (κ2) is 1.58. The van der Waals surface area contributed by atoms with Crippen molar-refractivity contribution in [3.63, 3.8) is 0 Å². The minimum atomic E-state index is 0.819. The molecule has 0 radical (unpaired) electrons. The molecule has 1 aliphatic rings. The van der Waals surface area contributed by atoms with Gasteiger partial charge in [0.2, 0.25) is 0 Å². The molecule has 0 aromatic heterocycles. The van der Waals surface area contributed by atoms with E-state index in [2.05, 4.69) is 4.90 Å². The van der Waals surface area contributed by atoms with Crippen molar-refractivity contribution in [3.8, 4) is 0 Å². The number of ether oxygens (including phenoxy) is 1. The van der Waals surface area contributed by atoms with E-state index in [1.807, 2.05) is 0 Å². The zero-order valence-corrected chi connectivity index (χ0v) is 3.98. The van der Waals surface area contributed by atoms with Crippen molar-refractivity contribution in [2.24, 2.45) is 0 Å². The lowest BCUT2D eigenvalue weighted by atomic mass is 11.0. The molecule has 36 valence electrons. The van der Waals surface area contributed by atoms with Crippen molar-refractivity contribution < 1.29 is 4.74 Å². The van der Waals surface area contributed by atoms with Gasteiger partial charge >= 0.3 is 0 Å². The van der Waals surface area contributed by atoms with Gasteiger partial charge in [-0.2, -0.15) is 0 Å². The molecule has 1 rings (SSSR count). The van der Waals surface area contributed by atoms with Crippen LogP contribution in [0.4, 0.5) is 0 Å². The van der Waals surface area contributed by atoms with E-state index < -0.39 is 0 Å². The molecule has 0 saturated carbocycles. The Bertz CT molecular complexity index is 42.8. The Labute approximate surface area is 37.7 Å². The molecule has 1 saturated heterocycles. The van der Waals surface area contributed by atoms with Crippen LogP contribution in [0.3, 0.4) is 0 Å². The van der Waals surface area contributed by atoms with E-state index in [1.54, 1.807) is 7.11 Å². The average Bonchev–Trinajstić information content (AvgIpc) is 2.21. The van der Waals surface area contributed by atoms with E-state index >= 15 is 0 Å². The first-order valence-electron chi connectivity index (χ1n) is 2.15. The van der Waals surface area contributed by atoms with Crippen LogP contribution in [0.25, 0.3) is 0 Å². The molecule has 1 aliphatic heterocycles. The standard InChI is InChI=1S/C4H9NO/c1-6-4-5-2-3-5/h2-4H2,1H3. The van der Waals surface area contributed by atoms with Gasteiger partial charge in [-0.3, -0.25) is 4.90 Å². The minimum Gasteiger partial charge on any atom is -0.369 e. The fourth-order valence-electron chi connectivity index (χ4n) is 0.382. The van der Waals surface area contributed by atoms with E-state index in [9.17, 15) is 0 Å². The Balaban J connectivity index is 1.88. The molecule has 0 amide bonds. The van der Waals surface area contributed by atoms with Gasteiger partial charge in [0.25, 0.3) is 0 Å². The summed E-state index contributed by atoms with van der Waals surface area (Å²) < 4.78 is 4.79. The average molecular weight is 87.1 g/mol. The largest absolute Gasteiger partial charge is 0.369 e. The number of rotatable bonds is 2. The summed E-state index contributed by atoms with van der Waals surface area (Å²) in [5.41, 5.74) is 0. The summed E-state index contributed by atoms with van der Waals surface area (Å²) in [6.45, 7) is 3.28. The predicted molar refractivity (Wildman–Crippen MR) is 23.4 cm³/mol. The van der Waals surface area contributed by atoms with E-state index in [4.69, 9.17) is 4.74 Å². The quantitative estimate of drug-likeness (QED) is 0.436. The highest BCUT2D eigenvalue weighted by molar-refractivity contribution is 4.67. The van der Waals surface area contributed by atoms with Gasteiger partial charge in [-0.15, -0.1) is 0 Å². The van der Waals surface area contributed by atoms with Crippen LogP contribution in [0, 0.1) is 0 Å². The van der Waals surface area contributed by atoms with Crippen LogP contribution in [-0.2, 0) is 4.74 Å². The normalized spacial score (nSPS) is 21.5. The van der Waals surface area contributed by atoms with Crippen LogP contribution in [-0.4, -0.2) is 31.8 Å². The first-order chi connectivity index (χ1) is 2.93. The smallest absolute Gasteiger partial charge is 0.0987 e. The van der Waals surface area contributed by atoms with Gasteiger partial charge in [0, 0.05) is 20.2 Å². The highest BCUT2D eigenvalue weighted by atomic mass is 16.5. The molecule has 0 aliphatic carbocycles. The van der Waals surface area contributed by atoms with Gasteiger partial charge < -0.3 is 4.74 Å².